The maximum atomic E-state index is 12.9. The number of piperazine rings is 1. The highest BCUT2D eigenvalue weighted by Gasteiger charge is 2.27. The van der Waals surface area contributed by atoms with Crippen molar-refractivity contribution in [2.75, 3.05) is 32.7 Å². The van der Waals surface area contributed by atoms with E-state index in [-0.39, 0.29) is 11.4 Å². The molecule has 0 spiro atoms. The van der Waals surface area contributed by atoms with Crippen LogP contribution in [0.1, 0.15) is 19.9 Å². The summed E-state index contributed by atoms with van der Waals surface area (Å²) in [5.41, 5.74) is -0.301. The molecule has 0 aliphatic carbocycles. The van der Waals surface area contributed by atoms with E-state index in [0.717, 1.165) is 24.2 Å². The second-order valence-electron chi connectivity index (χ2n) is 6.47. The minimum Gasteiger partial charge on any atom is -0.338 e. The summed E-state index contributed by atoms with van der Waals surface area (Å²) in [6.07, 6.45) is 1.47. The van der Waals surface area contributed by atoms with Crippen LogP contribution in [-0.2, 0) is 18.9 Å². The van der Waals surface area contributed by atoms with Crippen molar-refractivity contribution in [3.8, 4) is 0 Å². The molecule has 1 unspecified atom stereocenters. The quantitative estimate of drug-likeness (QED) is 0.722. The van der Waals surface area contributed by atoms with Crippen LogP contribution in [0.2, 0.25) is 0 Å². The molecule has 2 aromatic rings. The Balaban J connectivity index is 1.96. The van der Waals surface area contributed by atoms with Gasteiger partial charge < -0.3 is 14.4 Å². The van der Waals surface area contributed by atoms with Crippen LogP contribution in [0.25, 0.3) is 11.2 Å². The van der Waals surface area contributed by atoms with Gasteiger partial charge in [-0.1, -0.05) is 6.92 Å². The monoisotopic (exact) mass is 348 g/mol. The molecule has 0 bridgehead atoms. The van der Waals surface area contributed by atoms with E-state index in [9.17, 15) is 14.4 Å². The largest absolute Gasteiger partial charge is 0.338 e. The molecule has 1 saturated heterocycles. The molecule has 3 rings (SSSR count). The van der Waals surface area contributed by atoms with Crippen molar-refractivity contribution in [2.24, 2.45) is 14.1 Å². The first-order valence-electron chi connectivity index (χ1n) is 8.50. The third-order valence-electron chi connectivity index (χ3n) is 5.08. The molecule has 0 saturated carbocycles. The minimum absolute atomic E-state index is 0.0361. The third-order valence-corrected chi connectivity index (χ3v) is 5.08. The molecule has 2 aromatic heterocycles. The Morgan fingerprint density at radius 2 is 1.80 bits per heavy atom. The van der Waals surface area contributed by atoms with Crippen LogP contribution in [0, 0.1) is 0 Å². The highest BCUT2D eigenvalue weighted by Crippen LogP contribution is 2.17. The average molecular weight is 348 g/mol. The summed E-state index contributed by atoms with van der Waals surface area (Å²) < 4.78 is 3.94. The van der Waals surface area contributed by atoms with E-state index in [1.54, 1.807) is 18.5 Å². The molecule has 25 heavy (non-hydrogen) atoms. The van der Waals surface area contributed by atoms with E-state index in [0.29, 0.717) is 18.7 Å². The number of nitrogens with zero attached hydrogens (tertiary/aromatic N) is 6. The topological polar surface area (TPSA) is 85.4 Å². The van der Waals surface area contributed by atoms with Gasteiger partial charge in [0.1, 0.15) is 6.04 Å². The number of hydrogen-bond donors (Lipinski definition) is 0. The van der Waals surface area contributed by atoms with Crippen molar-refractivity contribution >= 4 is 17.1 Å². The summed E-state index contributed by atoms with van der Waals surface area (Å²) in [5.74, 6) is -0.0361. The van der Waals surface area contributed by atoms with E-state index in [1.807, 2.05) is 4.90 Å². The number of carbonyl (C=O) groups is 1. The van der Waals surface area contributed by atoms with Gasteiger partial charge in [0.15, 0.2) is 11.2 Å². The number of amides is 1. The van der Waals surface area contributed by atoms with E-state index < -0.39 is 17.3 Å². The molecule has 0 aromatic carbocycles. The SMILES string of the molecule is CCN1CCN(C(=O)C(C)n2cnc3c2c(=O)n(C)c(=O)n3C)CC1. The highest BCUT2D eigenvalue weighted by molar-refractivity contribution is 5.82. The molecule has 0 N–H and O–H groups in total. The summed E-state index contributed by atoms with van der Waals surface area (Å²) >= 11 is 0. The summed E-state index contributed by atoms with van der Waals surface area (Å²) in [4.78, 5) is 45.7. The molecular formula is C16H24N6O3. The fourth-order valence-corrected chi connectivity index (χ4v) is 3.33. The van der Waals surface area contributed by atoms with Crippen LogP contribution < -0.4 is 11.2 Å². The first-order valence-corrected chi connectivity index (χ1v) is 8.50. The van der Waals surface area contributed by atoms with Gasteiger partial charge >= 0.3 is 5.69 Å². The Bertz CT molecular complexity index is 916. The number of carbonyl (C=O) groups excluding carboxylic acids is 1. The first kappa shape index (κ1) is 17.4. The highest BCUT2D eigenvalue weighted by atomic mass is 16.2. The van der Waals surface area contributed by atoms with Gasteiger partial charge in [-0.15, -0.1) is 0 Å². The molecule has 9 nitrogen and oxygen atoms in total. The Morgan fingerprint density at radius 3 is 2.40 bits per heavy atom. The van der Waals surface area contributed by atoms with Crippen molar-refractivity contribution in [2.45, 2.75) is 19.9 Å². The second kappa shape index (κ2) is 6.47. The fourth-order valence-electron chi connectivity index (χ4n) is 3.33. The molecule has 3 heterocycles. The van der Waals surface area contributed by atoms with Crippen molar-refractivity contribution in [3.05, 3.63) is 27.2 Å². The predicted molar refractivity (Wildman–Crippen MR) is 93.6 cm³/mol. The molecule has 9 heteroatoms. The standard InChI is InChI=1S/C16H24N6O3/c1-5-20-6-8-21(9-7-20)14(23)11(2)22-10-17-13-12(22)15(24)19(4)16(25)18(13)3/h10-11H,5-9H2,1-4H3. The first-order chi connectivity index (χ1) is 11.9. The number of rotatable bonds is 3. The van der Waals surface area contributed by atoms with Crippen molar-refractivity contribution < 1.29 is 4.79 Å². The molecular weight excluding hydrogens is 324 g/mol. The molecule has 1 aliphatic heterocycles. The lowest BCUT2D eigenvalue weighted by Gasteiger charge is -2.35. The number of likely N-dealkylation sites (N-methyl/N-ethyl adjacent to an activating group) is 1. The van der Waals surface area contributed by atoms with E-state index in [1.165, 1.54) is 17.9 Å². The average Bonchev–Trinajstić information content (AvgIpc) is 3.08. The Hall–Kier alpha value is -2.42. The number of aryl methyl sites for hydroxylation is 1. The maximum absolute atomic E-state index is 12.9. The summed E-state index contributed by atoms with van der Waals surface area (Å²) in [6.45, 7) is 7.93. The normalized spacial score (nSPS) is 17.2. The second-order valence-corrected chi connectivity index (χ2v) is 6.47. The van der Waals surface area contributed by atoms with Gasteiger partial charge in [0.05, 0.1) is 6.33 Å². The van der Waals surface area contributed by atoms with Gasteiger partial charge in [-0.3, -0.25) is 18.7 Å². The zero-order chi connectivity index (χ0) is 18.3. The van der Waals surface area contributed by atoms with Gasteiger partial charge in [-0.05, 0) is 13.5 Å². The molecule has 1 aliphatic rings. The van der Waals surface area contributed by atoms with Crippen LogP contribution >= 0.6 is 0 Å². The van der Waals surface area contributed by atoms with Crippen LogP contribution in [0.5, 0.6) is 0 Å². The summed E-state index contributed by atoms with van der Waals surface area (Å²) in [6, 6.07) is -0.552. The van der Waals surface area contributed by atoms with E-state index >= 15 is 0 Å². The van der Waals surface area contributed by atoms with Crippen LogP contribution in [0.4, 0.5) is 0 Å². The smallest absolute Gasteiger partial charge is 0.332 e. The lowest BCUT2D eigenvalue weighted by molar-refractivity contribution is -0.135. The van der Waals surface area contributed by atoms with Gasteiger partial charge in [0.25, 0.3) is 5.56 Å². The number of aromatic nitrogens is 4. The van der Waals surface area contributed by atoms with Gasteiger partial charge in [-0.2, -0.15) is 0 Å². The van der Waals surface area contributed by atoms with E-state index in [4.69, 9.17) is 0 Å². The zero-order valence-corrected chi connectivity index (χ0v) is 15.1. The van der Waals surface area contributed by atoms with Crippen molar-refractivity contribution in [1.82, 2.24) is 28.5 Å². The Kier molecular flexibility index (Phi) is 4.51. The lowest BCUT2D eigenvalue weighted by Crippen LogP contribution is -2.50. The minimum atomic E-state index is -0.552. The van der Waals surface area contributed by atoms with Crippen molar-refractivity contribution in [3.63, 3.8) is 0 Å². The molecule has 1 fully saturated rings. The van der Waals surface area contributed by atoms with Gasteiger partial charge in [0.2, 0.25) is 5.91 Å². The number of fused-ring (bicyclic) bond motifs is 1. The summed E-state index contributed by atoms with van der Waals surface area (Å²) in [7, 11) is 3.00. The summed E-state index contributed by atoms with van der Waals surface area (Å²) in [5, 5.41) is 0. The maximum Gasteiger partial charge on any atom is 0.332 e. The van der Waals surface area contributed by atoms with Gasteiger partial charge in [-0.25, -0.2) is 9.78 Å². The van der Waals surface area contributed by atoms with Crippen LogP contribution in [0.15, 0.2) is 15.9 Å². The van der Waals surface area contributed by atoms with Gasteiger partial charge in [0, 0.05) is 40.3 Å². The number of hydrogen-bond acceptors (Lipinski definition) is 5. The van der Waals surface area contributed by atoms with E-state index in [2.05, 4.69) is 16.8 Å². The molecule has 1 amide bonds. The fraction of sp³-hybridized carbons (Fsp3) is 0.625. The Morgan fingerprint density at radius 1 is 1.16 bits per heavy atom. The molecule has 0 radical (unpaired) electrons. The molecule has 1 atom stereocenters. The van der Waals surface area contributed by atoms with Crippen molar-refractivity contribution in [1.29, 1.82) is 0 Å². The third kappa shape index (κ3) is 2.78. The lowest BCUT2D eigenvalue weighted by atomic mass is 10.2. The zero-order valence-electron chi connectivity index (χ0n) is 15.1. The number of imidazole rings is 1. The van der Waals surface area contributed by atoms with Crippen LogP contribution in [-0.4, -0.2) is 67.1 Å². The molecule has 136 valence electrons. The Labute approximate surface area is 145 Å². The predicted octanol–water partition coefficient (Wildman–Crippen LogP) is -0.841. The van der Waals surface area contributed by atoms with Crippen LogP contribution in [0.3, 0.4) is 0 Å².